The molecule has 0 aliphatic rings. The van der Waals surface area contributed by atoms with Gasteiger partial charge in [0.25, 0.3) is 0 Å². The molecule has 5 nitrogen and oxygen atoms in total. The first kappa shape index (κ1) is 13.9. The van der Waals surface area contributed by atoms with Crippen molar-refractivity contribution < 1.29 is 19.4 Å². The van der Waals surface area contributed by atoms with Crippen molar-refractivity contribution in [2.24, 2.45) is 0 Å². The maximum Gasteiger partial charge on any atom is 0.325 e. The van der Waals surface area contributed by atoms with E-state index in [-0.39, 0.29) is 0 Å². The Balaban J connectivity index is 5.07. The fraction of sp³-hybridized carbons (Fsp3) is 0.800. The quantitative estimate of drug-likeness (QED) is 0.703. The molecule has 0 heterocycles. The standard InChI is InChI=1S/C10H19NO4/c1-9(2,7(12)13)11(5)10(3,4)8(14)15-6/h1-6H3,(H,12,13). The van der Waals surface area contributed by atoms with E-state index in [1.54, 1.807) is 34.7 Å². The lowest BCUT2D eigenvalue weighted by Crippen LogP contribution is -2.60. The Morgan fingerprint density at radius 3 is 1.80 bits per heavy atom. The van der Waals surface area contributed by atoms with E-state index in [0.29, 0.717) is 0 Å². The first-order valence-electron chi connectivity index (χ1n) is 4.64. The van der Waals surface area contributed by atoms with Gasteiger partial charge in [-0.25, -0.2) is 0 Å². The maximum atomic E-state index is 11.5. The zero-order valence-corrected chi connectivity index (χ0v) is 10.1. The number of hydrogen-bond acceptors (Lipinski definition) is 4. The molecule has 0 aromatic carbocycles. The third-order valence-electron chi connectivity index (χ3n) is 2.89. The number of nitrogens with zero attached hydrogens (tertiary/aromatic N) is 1. The second kappa shape index (κ2) is 4.18. The summed E-state index contributed by atoms with van der Waals surface area (Å²) in [4.78, 5) is 24.0. The summed E-state index contributed by atoms with van der Waals surface area (Å²) in [6.07, 6.45) is 0. The normalized spacial score (nSPS) is 12.7. The Labute approximate surface area is 90.0 Å². The third kappa shape index (κ3) is 2.47. The van der Waals surface area contributed by atoms with Crippen LogP contribution >= 0.6 is 0 Å². The number of carbonyl (C=O) groups is 2. The van der Waals surface area contributed by atoms with Gasteiger partial charge in [0.05, 0.1) is 7.11 Å². The van der Waals surface area contributed by atoms with Gasteiger partial charge in [-0.15, -0.1) is 0 Å². The van der Waals surface area contributed by atoms with Gasteiger partial charge in [-0.1, -0.05) is 0 Å². The molecule has 0 unspecified atom stereocenters. The average Bonchev–Trinajstić information content (AvgIpc) is 2.14. The highest BCUT2D eigenvalue weighted by Gasteiger charge is 2.44. The van der Waals surface area contributed by atoms with Crippen molar-refractivity contribution in [2.75, 3.05) is 14.2 Å². The Kier molecular flexibility index (Phi) is 3.88. The molecule has 1 N–H and O–H groups in total. The highest BCUT2D eigenvalue weighted by atomic mass is 16.5. The van der Waals surface area contributed by atoms with E-state index in [1.807, 2.05) is 0 Å². The van der Waals surface area contributed by atoms with Gasteiger partial charge in [-0.2, -0.15) is 0 Å². The smallest absolute Gasteiger partial charge is 0.325 e. The van der Waals surface area contributed by atoms with E-state index in [2.05, 4.69) is 4.74 Å². The monoisotopic (exact) mass is 217 g/mol. The molecule has 0 amide bonds. The molecule has 0 saturated heterocycles. The molecule has 0 saturated carbocycles. The van der Waals surface area contributed by atoms with Crippen LogP contribution in [0.1, 0.15) is 27.7 Å². The summed E-state index contributed by atoms with van der Waals surface area (Å²) in [6, 6.07) is 0. The second-order valence-electron chi connectivity index (χ2n) is 4.47. The van der Waals surface area contributed by atoms with E-state index in [0.717, 1.165) is 0 Å². The molecule has 0 bridgehead atoms. The highest BCUT2D eigenvalue weighted by molar-refractivity contribution is 5.83. The number of aliphatic carboxylic acids is 1. The molecular weight excluding hydrogens is 198 g/mol. The minimum atomic E-state index is -1.13. The minimum absolute atomic E-state index is 0.459. The molecule has 15 heavy (non-hydrogen) atoms. The molecule has 0 aliphatic heterocycles. The molecule has 0 aliphatic carbocycles. The summed E-state index contributed by atoms with van der Waals surface area (Å²) in [7, 11) is 2.87. The van der Waals surface area contributed by atoms with Gasteiger partial charge in [0.1, 0.15) is 11.1 Å². The predicted octanol–water partition coefficient (Wildman–Crippen LogP) is 0.733. The molecule has 5 heteroatoms. The highest BCUT2D eigenvalue weighted by Crippen LogP contribution is 2.24. The largest absolute Gasteiger partial charge is 0.480 e. The summed E-state index contributed by atoms with van der Waals surface area (Å²) >= 11 is 0. The molecule has 0 radical (unpaired) electrons. The Bertz CT molecular complexity index is 271. The van der Waals surface area contributed by atoms with Crippen LogP contribution in [0.4, 0.5) is 0 Å². The third-order valence-corrected chi connectivity index (χ3v) is 2.89. The van der Waals surface area contributed by atoms with Gasteiger partial charge < -0.3 is 9.84 Å². The maximum absolute atomic E-state index is 11.5. The van der Waals surface area contributed by atoms with Gasteiger partial charge >= 0.3 is 11.9 Å². The predicted molar refractivity (Wildman–Crippen MR) is 55.6 cm³/mol. The van der Waals surface area contributed by atoms with Crippen molar-refractivity contribution in [1.29, 1.82) is 0 Å². The molecule has 0 aromatic rings. The zero-order valence-electron chi connectivity index (χ0n) is 10.1. The zero-order chi connectivity index (χ0) is 12.4. The molecule has 0 fully saturated rings. The van der Waals surface area contributed by atoms with E-state index in [9.17, 15) is 9.59 Å². The van der Waals surface area contributed by atoms with Crippen LogP contribution in [-0.4, -0.2) is 47.2 Å². The van der Waals surface area contributed by atoms with Gasteiger partial charge in [0.15, 0.2) is 0 Å². The molecular formula is C10H19NO4. The Morgan fingerprint density at radius 1 is 1.13 bits per heavy atom. The van der Waals surface area contributed by atoms with Crippen LogP contribution in [0.2, 0.25) is 0 Å². The van der Waals surface area contributed by atoms with Crippen molar-refractivity contribution in [3.8, 4) is 0 Å². The second-order valence-corrected chi connectivity index (χ2v) is 4.47. The number of carboxylic acids is 1. The van der Waals surface area contributed by atoms with Gasteiger partial charge in [-0.3, -0.25) is 14.5 Å². The first-order chi connectivity index (χ1) is 6.58. The van der Waals surface area contributed by atoms with Crippen LogP contribution < -0.4 is 0 Å². The lowest BCUT2D eigenvalue weighted by molar-refractivity contribution is -0.163. The summed E-state index contributed by atoms with van der Waals surface area (Å²) in [5, 5.41) is 9.04. The summed E-state index contributed by atoms with van der Waals surface area (Å²) in [6.45, 7) is 6.34. The lowest BCUT2D eigenvalue weighted by Gasteiger charge is -2.41. The fourth-order valence-electron chi connectivity index (χ4n) is 1.23. The van der Waals surface area contributed by atoms with Crippen LogP contribution in [-0.2, 0) is 14.3 Å². The summed E-state index contributed by atoms with van der Waals surface area (Å²) < 4.78 is 4.64. The van der Waals surface area contributed by atoms with Crippen molar-refractivity contribution >= 4 is 11.9 Å². The first-order valence-corrected chi connectivity index (χ1v) is 4.64. The lowest BCUT2D eigenvalue weighted by atomic mass is 9.94. The van der Waals surface area contributed by atoms with Gasteiger partial charge in [0, 0.05) is 0 Å². The SMILES string of the molecule is COC(=O)C(C)(C)N(C)C(C)(C)C(=O)O. The Hall–Kier alpha value is -1.10. The number of hydrogen-bond donors (Lipinski definition) is 1. The van der Waals surface area contributed by atoms with Crippen LogP contribution in [0.15, 0.2) is 0 Å². The van der Waals surface area contributed by atoms with E-state index < -0.39 is 23.0 Å². The Morgan fingerprint density at radius 2 is 1.53 bits per heavy atom. The summed E-state index contributed by atoms with van der Waals surface area (Å²) in [5.41, 5.74) is -2.10. The number of carbonyl (C=O) groups excluding carboxylic acids is 1. The van der Waals surface area contributed by atoms with Crippen molar-refractivity contribution in [3.63, 3.8) is 0 Å². The van der Waals surface area contributed by atoms with E-state index in [4.69, 9.17) is 5.11 Å². The number of esters is 1. The van der Waals surface area contributed by atoms with Crippen molar-refractivity contribution in [1.82, 2.24) is 4.90 Å². The van der Waals surface area contributed by atoms with Gasteiger partial charge in [0.2, 0.25) is 0 Å². The molecule has 88 valence electrons. The molecule has 0 atom stereocenters. The number of methoxy groups -OCH3 is 1. The number of carboxylic acid groups (broad SMARTS) is 1. The molecule has 0 spiro atoms. The van der Waals surface area contributed by atoms with Crippen LogP contribution in [0.25, 0.3) is 0 Å². The summed E-state index contributed by atoms with van der Waals surface area (Å²) in [5.74, 6) is -1.44. The molecule has 0 rings (SSSR count). The van der Waals surface area contributed by atoms with Gasteiger partial charge in [-0.05, 0) is 34.7 Å². The molecule has 0 aromatic heterocycles. The number of rotatable bonds is 4. The van der Waals surface area contributed by atoms with Crippen LogP contribution in [0, 0.1) is 0 Å². The van der Waals surface area contributed by atoms with Crippen molar-refractivity contribution in [3.05, 3.63) is 0 Å². The number of likely N-dealkylation sites (N-methyl/N-ethyl adjacent to an activating group) is 1. The van der Waals surface area contributed by atoms with Crippen LogP contribution in [0.3, 0.4) is 0 Å². The minimum Gasteiger partial charge on any atom is -0.480 e. The van der Waals surface area contributed by atoms with E-state index in [1.165, 1.54) is 12.0 Å². The van der Waals surface area contributed by atoms with Crippen LogP contribution in [0.5, 0.6) is 0 Å². The van der Waals surface area contributed by atoms with Crippen molar-refractivity contribution in [2.45, 2.75) is 38.8 Å². The topological polar surface area (TPSA) is 66.8 Å². The number of ether oxygens (including phenoxy) is 1. The fourth-order valence-corrected chi connectivity index (χ4v) is 1.23. The van der Waals surface area contributed by atoms with E-state index >= 15 is 0 Å². The average molecular weight is 217 g/mol.